The molecule has 0 aliphatic rings. The molecule has 3 N–H and O–H groups in total. The summed E-state index contributed by atoms with van der Waals surface area (Å²) in [6, 6.07) is 8.29. The molecule has 0 unspecified atom stereocenters. The molecule has 2 aromatic rings. The fourth-order valence-corrected chi connectivity index (χ4v) is 2.42. The van der Waals surface area contributed by atoms with Crippen molar-refractivity contribution >= 4 is 28.3 Å². The second-order valence-electron chi connectivity index (χ2n) is 4.12. The van der Waals surface area contributed by atoms with Gasteiger partial charge in [-0.2, -0.15) is 0 Å². The molecular weight excluding hydrogens is 292 g/mol. The number of carboxylic acids is 1. The monoisotopic (exact) mass is 306 g/mol. The van der Waals surface area contributed by atoms with E-state index < -0.39 is 12.0 Å². The van der Waals surface area contributed by atoms with Crippen LogP contribution in [0.3, 0.4) is 0 Å². The maximum absolute atomic E-state index is 11.7. The van der Waals surface area contributed by atoms with Gasteiger partial charge in [0.25, 0.3) is 0 Å². The van der Waals surface area contributed by atoms with Gasteiger partial charge < -0.3 is 15.2 Å². The number of carbonyl (C=O) groups is 2. The molecular formula is C14H14N2O4S. The van der Waals surface area contributed by atoms with Gasteiger partial charge in [-0.25, -0.2) is 9.59 Å². The van der Waals surface area contributed by atoms with E-state index in [0.717, 1.165) is 22.6 Å². The number of hydrogen-bond donors (Lipinski definition) is 3. The number of methoxy groups -OCH3 is 1. The molecule has 0 aliphatic carbocycles. The van der Waals surface area contributed by atoms with Crippen molar-refractivity contribution in [1.29, 1.82) is 0 Å². The van der Waals surface area contributed by atoms with Gasteiger partial charge >= 0.3 is 12.0 Å². The molecule has 6 nitrogen and oxygen atoms in total. The Labute approximate surface area is 125 Å². The summed E-state index contributed by atoms with van der Waals surface area (Å²) in [6.07, 6.45) is 0. The number of hydrogen-bond acceptors (Lipinski definition) is 4. The van der Waals surface area contributed by atoms with Crippen molar-refractivity contribution in [2.45, 2.75) is 6.54 Å². The van der Waals surface area contributed by atoms with E-state index in [-0.39, 0.29) is 5.56 Å². The van der Waals surface area contributed by atoms with Crippen LogP contribution in [-0.2, 0) is 6.54 Å². The third-order valence-electron chi connectivity index (χ3n) is 2.73. The van der Waals surface area contributed by atoms with Crippen LogP contribution < -0.4 is 15.4 Å². The first-order valence-electron chi connectivity index (χ1n) is 6.08. The Morgan fingerprint density at radius 3 is 2.57 bits per heavy atom. The molecule has 7 heteroatoms. The van der Waals surface area contributed by atoms with Crippen LogP contribution in [0.2, 0.25) is 0 Å². The minimum atomic E-state index is -1.07. The lowest BCUT2D eigenvalue weighted by Crippen LogP contribution is -2.28. The summed E-state index contributed by atoms with van der Waals surface area (Å²) >= 11 is 1.16. The number of benzene rings is 1. The van der Waals surface area contributed by atoms with Crippen molar-refractivity contribution in [3.8, 4) is 5.75 Å². The van der Waals surface area contributed by atoms with E-state index in [1.807, 2.05) is 12.1 Å². The Balaban J connectivity index is 1.89. The lowest BCUT2D eigenvalue weighted by atomic mass is 10.2. The van der Waals surface area contributed by atoms with Gasteiger partial charge in [0.05, 0.1) is 12.7 Å². The third kappa shape index (κ3) is 3.96. The van der Waals surface area contributed by atoms with E-state index in [0.29, 0.717) is 11.5 Å². The highest BCUT2D eigenvalue weighted by molar-refractivity contribution is 7.14. The smallest absolute Gasteiger partial charge is 0.338 e. The van der Waals surface area contributed by atoms with Crippen LogP contribution in [0.1, 0.15) is 15.9 Å². The van der Waals surface area contributed by atoms with Crippen molar-refractivity contribution in [3.63, 3.8) is 0 Å². The van der Waals surface area contributed by atoms with Gasteiger partial charge in [0, 0.05) is 6.54 Å². The zero-order chi connectivity index (χ0) is 15.2. The molecule has 0 aliphatic heterocycles. The molecule has 2 amide bonds. The fourth-order valence-electron chi connectivity index (χ4n) is 1.65. The number of carbonyl (C=O) groups excluding carboxylic acids is 1. The van der Waals surface area contributed by atoms with Crippen LogP contribution in [0, 0.1) is 0 Å². The molecule has 0 fully saturated rings. The minimum absolute atomic E-state index is 0.0830. The van der Waals surface area contributed by atoms with Crippen molar-refractivity contribution in [2.24, 2.45) is 0 Å². The zero-order valence-corrected chi connectivity index (χ0v) is 12.1. The summed E-state index contributed by atoms with van der Waals surface area (Å²) in [7, 11) is 1.59. The van der Waals surface area contributed by atoms with E-state index in [1.54, 1.807) is 24.6 Å². The Hall–Kier alpha value is -2.54. The molecule has 110 valence electrons. The van der Waals surface area contributed by atoms with Gasteiger partial charge in [0.1, 0.15) is 10.8 Å². The van der Waals surface area contributed by atoms with E-state index in [2.05, 4.69) is 10.6 Å². The van der Waals surface area contributed by atoms with Gasteiger partial charge in [-0.3, -0.25) is 5.32 Å². The van der Waals surface area contributed by atoms with Crippen LogP contribution >= 0.6 is 11.3 Å². The molecule has 0 atom stereocenters. The molecule has 21 heavy (non-hydrogen) atoms. The second-order valence-corrected chi connectivity index (χ2v) is 5.04. The normalized spacial score (nSPS) is 9.95. The third-order valence-corrected chi connectivity index (χ3v) is 3.56. The first kappa shape index (κ1) is 14.9. The first-order valence-corrected chi connectivity index (χ1v) is 6.96. The molecule has 1 aromatic carbocycles. The van der Waals surface area contributed by atoms with Gasteiger partial charge in [-0.1, -0.05) is 12.1 Å². The topological polar surface area (TPSA) is 87.7 Å². The molecule has 1 heterocycles. The van der Waals surface area contributed by atoms with Crippen LogP contribution in [-0.4, -0.2) is 24.2 Å². The summed E-state index contributed by atoms with van der Waals surface area (Å²) in [5, 5.41) is 16.1. The largest absolute Gasteiger partial charge is 0.497 e. The molecule has 1 aromatic heterocycles. The summed E-state index contributed by atoms with van der Waals surface area (Å²) in [4.78, 5) is 22.7. The van der Waals surface area contributed by atoms with Crippen LogP contribution in [0.25, 0.3) is 0 Å². The van der Waals surface area contributed by atoms with Crippen LogP contribution in [0.5, 0.6) is 5.75 Å². The van der Waals surface area contributed by atoms with E-state index in [1.165, 1.54) is 6.07 Å². The minimum Gasteiger partial charge on any atom is -0.497 e. The predicted octanol–water partition coefficient (Wildman–Crippen LogP) is 2.78. The zero-order valence-electron chi connectivity index (χ0n) is 11.3. The number of amides is 2. The fraction of sp³-hybridized carbons (Fsp3) is 0.143. The molecule has 0 radical (unpaired) electrons. The van der Waals surface area contributed by atoms with Gasteiger partial charge in [0.15, 0.2) is 0 Å². The molecule has 2 rings (SSSR count). The second kappa shape index (κ2) is 6.76. The van der Waals surface area contributed by atoms with Crippen molar-refractivity contribution in [1.82, 2.24) is 5.32 Å². The van der Waals surface area contributed by atoms with Crippen molar-refractivity contribution in [3.05, 3.63) is 46.8 Å². The molecule has 0 saturated carbocycles. The van der Waals surface area contributed by atoms with E-state index >= 15 is 0 Å². The predicted molar refractivity (Wildman–Crippen MR) is 80.1 cm³/mol. The number of nitrogens with one attached hydrogen (secondary N) is 2. The molecule has 0 bridgehead atoms. The quantitative estimate of drug-likeness (QED) is 0.792. The van der Waals surface area contributed by atoms with Gasteiger partial charge in [-0.05, 0) is 29.1 Å². The van der Waals surface area contributed by atoms with Gasteiger partial charge in [0.2, 0.25) is 0 Å². The number of rotatable bonds is 5. The van der Waals surface area contributed by atoms with Crippen molar-refractivity contribution in [2.75, 3.05) is 12.4 Å². The van der Waals surface area contributed by atoms with E-state index in [4.69, 9.17) is 9.84 Å². The van der Waals surface area contributed by atoms with Gasteiger partial charge in [-0.15, -0.1) is 11.3 Å². The molecule has 0 spiro atoms. The maximum atomic E-state index is 11.7. The average Bonchev–Trinajstić information content (AvgIpc) is 2.94. The highest BCUT2D eigenvalue weighted by Gasteiger charge is 2.13. The summed E-state index contributed by atoms with van der Waals surface area (Å²) in [5.41, 5.74) is 0.996. The SMILES string of the molecule is COc1ccc(CNC(=O)Nc2sccc2C(=O)O)cc1. The number of urea groups is 1. The van der Waals surface area contributed by atoms with Crippen LogP contribution in [0.15, 0.2) is 35.7 Å². The van der Waals surface area contributed by atoms with Crippen LogP contribution in [0.4, 0.5) is 9.80 Å². The summed E-state index contributed by atoms with van der Waals surface area (Å²) in [5.74, 6) is -0.324. The first-order chi connectivity index (χ1) is 10.1. The average molecular weight is 306 g/mol. The number of thiophene rings is 1. The lowest BCUT2D eigenvalue weighted by Gasteiger charge is -2.07. The lowest BCUT2D eigenvalue weighted by molar-refractivity contribution is 0.0698. The number of carboxylic acid groups (broad SMARTS) is 1. The standard InChI is InChI=1S/C14H14N2O4S/c1-20-10-4-2-9(3-5-10)8-15-14(19)16-12-11(13(17)18)6-7-21-12/h2-7H,8H2,1H3,(H,17,18)(H2,15,16,19). The number of anilines is 1. The van der Waals surface area contributed by atoms with Crippen molar-refractivity contribution < 1.29 is 19.4 Å². The Kier molecular flexibility index (Phi) is 4.78. The summed E-state index contributed by atoms with van der Waals surface area (Å²) in [6.45, 7) is 0.337. The Morgan fingerprint density at radius 2 is 1.95 bits per heavy atom. The molecule has 0 saturated heterocycles. The maximum Gasteiger partial charge on any atom is 0.338 e. The van der Waals surface area contributed by atoms with E-state index in [9.17, 15) is 9.59 Å². The summed E-state index contributed by atoms with van der Waals surface area (Å²) < 4.78 is 5.05. The number of ether oxygens (including phenoxy) is 1. The Morgan fingerprint density at radius 1 is 1.24 bits per heavy atom. The highest BCUT2D eigenvalue weighted by atomic mass is 32.1. The number of aromatic carboxylic acids is 1. The highest BCUT2D eigenvalue weighted by Crippen LogP contribution is 2.22. The Bertz CT molecular complexity index is 637.